The molecule has 214 valence electrons. The van der Waals surface area contributed by atoms with E-state index in [1.807, 2.05) is 91.0 Å². The van der Waals surface area contributed by atoms with Crippen LogP contribution in [0.15, 0.2) is 100 Å². The highest BCUT2D eigenvalue weighted by atomic mass is 16.5. The molecule has 1 aromatic heterocycles. The number of ether oxygens (including phenoxy) is 5. The first kappa shape index (κ1) is 26.5. The molecular weight excluding hydrogens is 544 g/mol. The summed E-state index contributed by atoms with van der Waals surface area (Å²) in [7, 11) is 6.40. The zero-order valence-electron chi connectivity index (χ0n) is 24.1. The molecule has 6 aromatic rings. The smallest absolute Gasteiger partial charge is 0.344 e. The quantitative estimate of drug-likeness (QED) is 0.151. The van der Waals surface area contributed by atoms with Crippen LogP contribution in [0.1, 0.15) is 16.7 Å². The summed E-state index contributed by atoms with van der Waals surface area (Å²) >= 11 is 0. The van der Waals surface area contributed by atoms with Gasteiger partial charge in [-0.05, 0) is 53.9 Å². The third-order valence-corrected chi connectivity index (χ3v) is 8.15. The van der Waals surface area contributed by atoms with Gasteiger partial charge in [-0.3, -0.25) is 0 Å². The fraction of sp³-hybridized carbons (Fsp3) is 0.139. The van der Waals surface area contributed by atoms with Crippen molar-refractivity contribution in [3.8, 4) is 28.7 Å². The average molecular weight is 573 g/mol. The van der Waals surface area contributed by atoms with Crippen LogP contribution < -0.4 is 29.3 Å². The fourth-order valence-corrected chi connectivity index (χ4v) is 5.99. The molecule has 0 unspecified atom stereocenters. The molecule has 0 saturated carbocycles. The molecule has 1 aliphatic rings. The minimum absolute atomic E-state index is 0.404. The summed E-state index contributed by atoms with van der Waals surface area (Å²) in [5.74, 6) is 3.07. The summed E-state index contributed by atoms with van der Waals surface area (Å²) < 4.78 is 35.1. The van der Waals surface area contributed by atoms with Gasteiger partial charge in [0.15, 0.2) is 22.7 Å². The molecule has 0 saturated heterocycles. The minimum atomic E-state index is -0.990. The predicted molar refractivity (Wildman–Crippen MR) is 167 cm³/mol. The van der Waals surface area contributed by atoms with E-state index in [-0.39, 0.29) is 0 Å². The van der Waals surface area contributed by atoms with Crippen LogP contribution >= 0.6 is 0 Å². The third kappa shape index (κ3) is 4.00. The second kappa shape index (κ2) is 10.1. The lowest BCUT2D eigenvalue weighted by molar-refractivity contribution is 0.163. The van der Waals surface area contributed by atoms with Crippen molar-refractivity contribution in [2.24, 2.45) is 0 Å². The Bertz CT molecular complexity index is 2060. The van der Waals surface area contributed by atoms with Gasteiger partial charge in [0.1, 0.15) is 17.2 Å². The average Bonchev–Trinajstić information content (AvgIpc) is 3.07. The van der Waals surface area contributed by atoms with E-state index < -0.39 is 11.2 Å². The molecule has 0 bridgehead atoms. The molecule has 0 atom stereocenters. The van der Waals surface area contributed by atoms with E-state index in [1.165, 1.54) is 7.11 Å². The van der Waals surface area contributed by atoms with Crippen molar-refractivity contribution in [3.05, 3.63) is 118 Å². The van der Waals surface area contributed by atoms with Crippen LogP contribution in [-0.2, 0) is 5.60 Å². The van der Waals surface area contributed by atoms with Crippen molar-refractivity contribution in [2.75, 3.05) is 28.4 Å². The van der Waals surface area contributed by atoms with Crippen LogP contribution in [0.5, 0.6) is 28.7 Å². The van der Waals surface area contributed by atoms with Crippen LogP contribution in [0, 0.1) is 0 Å². The number of hydrogen-bond acceptors (Lipinski definition) is 7. The Balaban J connectivity index is 1.56. The fourth-order valence-electron chi connectivity index (χ4n) is 5.99. The van der Waals surface area contributed by atoms with E-state index in [2.05, 4.69) is 0 Å². The topological polar surface area (TPSA) is 76.4 Å². The lowest BCUT2D eigenvalue weighted by Crippen LogP contribution is -2.34. The molecule has 0 fully saturated rings. The lowest BCUT2D eigenvalue weighted by Gasteiger charge is -2.37. The van der Waals surface area contributed by atoms with Gasteiger partial charge in [-0.25, -0.2) is 4.79 Å². The lowest BCUT2D eigenvalue weighted by atomic mass is 9.82. The summed E-state index contributed by atoms with van der Waals surface area (Å²) in [6, 6.07) is 27.1. The Morgan fingerprint density at radius 1 is 0.628 bits per heavy atom. The van der Waals surface area contributed by atoms with Gasteiger partial charge in [-0.1, -0.05) is 48.5 Å². The van der Waals surface area contributed by atoms with Crippen LogP contribution in [0.25, 0.3) is 38.6 Å². The second-order valence-corrected chi connectivity index (χ2v) is 10.3. The Kier molecular flexibility index (Phi) is 6.24. The summed E-state index contributed by atoms with van der Waals surface area (Å²) in [5, 5.41) is 3.66. The summed E-state index contributed by atoms with van der Waals surface area (Å²) in [6.07, 6.45) is 3.99. The number of hydrogen-bond donors (Lipinski definition) is 0. The molecule has 0 spiro atoms. The van der Waals surface area contributed by atoms with Crippen LogP contribution in [0.2, 0.25) is 0 Å². The van der Waals surface area contributed by atoms with E-state index in [1.54, 1.807) is 27.4 Å². The first-order valence-electron chi connectivity index (χ1n) is 13.8. The molecular formula is C36H28O7. The zero-order chi connectivity index (χ0) is 29.7. The molecule has 43 heavy (non-hydrogen) atoms. The molecule has 5 aromatic carbocycles. The van der Waals surface area contributed by atoms with Gasteiger partial charge < -0.3 is 28.1 Å². The second-order valence-electron chi connectivity index (χ2n) is 10.3. The molecule has 0 aliphatic carbocycles. The van der Waals surface area contributed by atoms with E-state index in [0.29, 0.717) is 39.2 Å². The summed E-state index contributed by atoms with van der Waals surface area (Å²) in [4.78, 5) is 13.4. The van der Waals surface area contributed by atoms with Gasteiger partial charge in [0.25, 0.3) is 0 Å². The number of rotatable bonds is 6. The molecule has 2 heterocycles. The SMILES string of the molecule is COc1ccc(C2(c3ccc(OC)cc3)C=Cc3c(c4ccccc4c4c3oc(=O)c3cc(OC)c(OC)cc34)O2)cc1. The third-order valence-electron chi connectivity index (χ3n) is 8.15. The van der Waals surface area contributed by atoms with Crippen LogP contribution in [0.3, 0.4) is 0 Å². The maximum Gasteiger partial charge on any atom is 0.344 e. The van der Waals surface area contributed by atoms with Gasteiger partial charge in [-0.2, -0.15) is 0 Å². The summed E-state index contributed by atoms with van der Waals surface area (Å²) in [6.45, 7) is 0. The highest BCUT2D eigenvalue weighted by molar-refractivity contribution is 6.22. The van der Waals surface area contributed by atoms with Crippen LogP contribution in [-0.4, -0.2) is 28.4 Å². The largest absolute Gasteiger partial charge is 0.497 e. The number of methoxy groups -OCH3 is 4. The van der Waals surface area contributed by atoms with Crippen molar-refractivity contribution in [1.29, 1.82) is 0 Å². The van der Waals surface area contributed by atoms with Crippen molar-refractivity contribution >= 4 is 38.6 Å². The maximum atomic E-state index is 13.4. The highest BCUT2D eigenvalue weighted by Crippen LogP contribution is 2.49. The van der Waals surface area contributed by atoms with Crippen molar-refractivity contribution < 1.29 is 28.1 Å². The van der Waals surface area contributed by atoms with Gasteiger partial charge >= 0.3 is 5.63 Å². The van der Waals surface area contributed by atoms with Gasteiger partial charge in [-0.15, -0.1) is 0 Å². The monoisotopic (exact) mass is 572 g/mol. The Morgan fingerprint density at radius 3 is 1.74 bits per heavy atom. The van der Waals surface area contributed by atoms with Gasteiger partial charge in [0.2, 0.25) is 0 Å². The zero-order valence-corrected chi connectivity index (χ0v) is 24.1. The first-order valence-corrected chi connectivity index (χ1v) is 13.8. The number of benzene rings is 5. The Hall–Kier alpha value is -5.43. The van der Waals surface area contributed by atoms with E-state index in [9.17, 15) is 4.79 Å². The molecule has 7 heteroatoms. The maximum absolute atomic E-state index is 13.4. The van der Waals surface area contributed by atoms with E-state index in [0.717, 1.165) is 38.8 Å². The Labute approximate surface area is 247 Å². The normalized spacial score (nSPS) is 13.5. The molecule has 0 amide bonds. The Morgan fingerprint density at radius 2 is 1.19 bits per heavy atom. The standard InChI is InChI=1S/C36H28O7/c1-38-23-13-9-21(10-14-23)36(22-11-15-24(39-2)16-12-22)18-17-27-33(43-36)26-8-6-5-7-25(26)32-28-19-30(40-3)31(41-4)20-29(28)35(37)42-34(27)32/h5-20H,1-4H3. The van der Waals surface area contributed by atoms with Crippen molar-refractivity contribution in [1.82, 2.24) is 0 Å². The van der Waals surface area contributed by atoms with Crippen LogP contribution in [0.4, 0.5) is 0 Å². The predicted octanol–water partition coefficient (Wildman–Crippen LogP) is 7.48. The molecule has 7 nitrogen and oxygen atoms in total. The van der Waals surface area contributed by atoms with Crippen molar-refractivity contribution in [3.63, 3.8) is 0 Å². The van der Waals surface area contributed by atoms with E-state index >= 15 is 0 Å². The van der Waals surface area contributed by atoms with Gasteiger partial charge in [0, 0.05) is 27.3 Å². The van der Waals surface area contributed by atoms with E-state index in [4.69, 9.17) is 28.1 Å². The number of fused-ring (bicyclic) bond motifs is 8. The van der Waals surface area contributed by atoms with Gasteiger partial charge in [0.05, 0.1) is 39.4 Å². The molecule has 1 aliphatic heterocycles. The molecule has 0 N–H and O–H groups in total. The first-order chi connectivity index (χ1) is 21.0. The highest BCUT2D eigenvalue weighted by Gasteiger charge is 2.39. The van der Waals surface area contributed by atoms with Crippen molar-refractivity contribution in [2.45, 2.75) is 5.60 Å². The summed E-state index contributed by atoms with van der Waals surface area (Å²) in [5.41, 5.74) is 1.46. The molecule has 7 rings (SSSR count). The molecule has 0 radical (unpaired) electrons. The minimum Gasteiger partial charge on any atom is -0.497 e.